The minimum atomic E-state index is -4.83. The van der Waals surface area contributed by atoms with Crippen molar-refractivity contribution in [1.29, 1.82) is 5.26 Å². The Hall–Kier alpha value is -3.80. The van der Waals surface area contributed by atoms with E-state index >= 15 is 0 Å². The molecule has 0 saturated carbocycles. The maximum Gasteiger partial charge on any atom is 0.419 e. The Morgan fingerprint density at radius 1 is 1.19 bits per heavy atom. The highest BCUT2D eigenvalue weighted by Gasteiger charge is 2.36. The fourth-order valence-corrected chi connectivity index (χ4v) is 3.48. The Labute approximate surface area is 181 Å². The zero-order chi connectivity index (χ0) is 23.6. The highest BCUT2D eigenvalue weighted by atomic mass is 19.4. The van der Waals surface area contributed by atoms with Crippen LogP contribution in [0.15, 0.2) is 65.3 Å². The normalized spacial score (nSPS) is 16.5. The van der Waals surface area contributed by atoms with Crippen molar-refractivity contribution < 1.29 is 31.8 Å². The summed E-state index contributed by atoms with van der Waals surface area (Å²) in [6.07, 6.45) is -4.83. The highest BCUT2D eigenvalue weighted by molar-refractivity contribution is 5.92. The van der Waals surface area contributed by atoms with E-state index in [1.54, 1.807) is 19.1 Å². The Morgan fingerprint density at radius 3 is 2.38 bits per heavy atom. The van der Waals surface area contributed by atoms with Gasteiger partial charge in [-0.15, -0.1) is 0 Å². The minimum Gasteiger partial charge on any atom is -0.463 e. The third-order valence-corrected chi connectivity index (χ3v) is 4.95. The molecule has 1 aliphatic rings. The number of nitriles is 1. The van der Waals surface area contributed by atoms with Gasteiger partial charge in [0.2, 0.25) is 5.88 Å². The lowest BCUT2D eigenvalue weighted by Crippen LogP contribution is -2.25. The fourth-order valence-electron chi connectivity index (χ4n) is 3.48. The number of rotatable bonds is 4. The molecule has 32 heavy (non-hydrogen) atoms. The molecule has 2 aromatic rings. The SMILES string of the molecule is CCOC(=O)C1=C(C)OC(N)=C(C#N)C1c1ccc(-c2ccc(F)c(C(F)(F)F)c2)cc1. The number of hydrogen-bond acceptors (Lipinski definition) is 5. The first-order valence-corrected chi connectivity index (χ1v) is 9.51. The van der Waals surface area contributed by atoms with Crippen LogP contribution in [0, 0.1) is 17.1 Å². The summed E-state index contributed by atoms with van der Waals surface area (Å²) in [6.45, 7) is 3.26. The molecule has 1 aliphatic heterocycles. The summed E-state index contributed by atoms with van der Waals surface area (Å²) >= 11 is 0. The van der Waals surface area contributed by atoms with Gasteiger partial charge in [0, 0.05) is 0 Å². The van der Waals surface area contributed by atoms with Gasteiger partial charge in [-0.3, -0.25) is 0 Å². The number of ether oxygens (including phenoxy) is 2. The van der Waals surface area contributed by atoms with Crippen LogP contribution in [0.4, 0.5) is 17.6 Å². The third kappa shape index (κ3) is 4.30. The van der Waals surface area contributed by atoms with Gasteiger partial charge in [0.05, 0.1) is 23.7 Å². The Kier molecular flexibility index (Phi) is 6.25. The maximum absolute atomic E-state index is 13.6. The standard InChI is InChI=1S/C23H18F4N2O3/c1-3-31-22(30)19-12(2)32-21(29)16(11-28)20(19)14-6-4-13(5-7-14)15-8-9-18(24)17(10-15)23(25,26)27/h4-10,20H,3,29H2,1-2H3. The second-order valence-corrected chi connectivity index (χ2v) is 6.93. The summed E-state index contributed by atoms with van der Waals surface area (Å²) in [7, 11) is 0. The summed E-state index contributed by atoms with van der Waals surface area (Å²) in [4.78, 5) is 12.5. The zero-order valence-corrected chi connectivity index (χ0v) is 17.1. The lowest BCUT2D eigenvalue weighted by molar-refractivity contribution is -0.140. The smallest absolute Gasteiger partial charge is 0.419 e. The van der Waals surface area contributed by atoms with Crippen LogP contribution in [0.2, 0.25) is 0 Å². The lowest BCUT2D eigenvalue weighted by atomic mass is 9.82. The van der Waals surface area contributed by atoms with E-state index in [9.17, 15) is 27.6 Å². The van der Waals surface area contributed by atoms with Crippen LogP contribution in [0.1, 0.15) is 30.9 Å². The molecule has 0 amide bonds. The predicted octanol–water partition coefficient (Wildman–Crippen LogP) is 5.16. The summed E-state index contributed by atoms with van der Waals surface area (Å²) in [6, 6.07) is 10.8. The molecule has 0 saturated heterocycles. The summed E-state index contributed by atoms with van der Waals surface area (Å²) in [5.41, 5.74) is 5.62. The number of benzene rings is 2. The van der Waals surface area contributed by atoms with E-state index in [2.05, 4.69) is 0 Å². The van der Waals surface area contributed by atoms with Gasteiger partial charge in [0.25, 0.3) is 0 Å². The van der Waals surface area contributed by atoms with Crippen molar-refractivity contribution in [1.82, 2.24) is 0 Å². The van der Waals surface area contributed by atoms with E-state index < -0.39 is 29.4 Å². The number of hydrogen-bond donors (Lipinski definition) is 1. The second-order valence-electron chi connectivity index (χ2n) is 6.93. The van der Waals surface area contributed by atoms with Crippen LogP contribution in [0.3, 0.4) is 0 Å². The van der Waals surface area contributed by atoms with E-state index in [1.165, 1.54) is 25.1 Å². The first kappa shape index (κ1) is 22.9. The minimum absolute atomic E-state index is 0.00698. The molecule has 0 aliphatic carbocycles. The van der Waals surface area contributed by atoms with Crippen LogP contribution in [0.25, 0.3) is 11.1 Å². The molecule has 166 valence electrons. The lowest BCUT2D eigenvalue weighted by Gasteiger charge is -2.27. The Balaban J connectivity index is 2.06. The van der Waals surface area contributed by atoms with Gasteiger partial charge in [-0.2, -0.15) is 18.4 Å². The number of allylic oxidation sites excluding steroid dienone is 2. The van der Waals surface area contributed by atoms with Crippen molar-refractivity contribution in [3.05, 3.63) is 82.2 Å². The third-order valence-electron chi connectivity index (χ3n) is 4.95. The average molecular weight is 446 g/mol. The number of nitrogens with two attached hydrogens (primary N) is 1. The van der Waals surface area contributed by atoms with E-state index in [1.807, 2.05) is 6.07 Å². The first-order chi connectivity index (χ1) is 15.1. The number of carbonyl (C=O) groups excluding carboxylic acids is 1. The van der Waals surface area contributed by atoms with Crippen molar-refractivity contribution >= 4 is 5.97 Å². The van der Waals surface area contributed by atoms with Gasteiger partial charge in [0.1, 0.15) is 23.2 Å². The Bertz CT molecular complexity index is 1160. The largest absolute Gasteiger partial charge is 0.463 e. The van der Waals surface area contributed by atoms with Gasteiger partial charge >= 0.3 is 12.1 Å². The highest BCUT2D eigenvalue weighted by Crippen LogP contribution is 2.40. The molecular weight excluding hydrogens is 428 g/mol. The van der Waals surface area contributed by atoms with E-state index in [0.717, 1.165) is 12.1 Å². The fraction of sp³-hybridized carbons (Fsp3) is 0.217. The molecule has 1 unspecified atom stereocenters. The van der Waals surface area contributed by atoms with Crippen LogP contribution < -0.4 is 5.73 Å². The van der Waals surface area contributed by atoms with Gasteiger partial charge < -0.3 is 15.2 Å². The monoisotopic (exact) mass is 446 g/mol. The molecule has 0 aromatic heterocycles. The van der Waals surface area contributed by atoms with Crippen LogP contribution in [-0.2, 0) is 20.4 Å². The molecule has 2 aromatic carbocycles. The number of nitrogens with zero attached hydrogens (tertiary/aromatic N) is 1. The van der Waals surface area contributed by atoms with Gasteiger partial charge in [0.15, 0.2) is 0 Å². The molecule has 1 atom stereocenters. The van der Waals surface area contributed by atoms with E-state index in [-0.39, 0.29) is 35.0 Å². The molecule has 3 rings (SSSR count). The van der Waals surface area contributed by atoms with Gasteiger partial charge in [-0.25, -0.2) is 9.18 Å². The molecule has 0 bridgehead atoms. The summed E-state index contributed by atoms with van der Waals surface area (Å²) < 4.78 is 63.1. The molecule has 9 heteroatoms. The average Bonchev–Trinajstić information content (AvgIpc) is 2.73. The van der Waals surface area contributed by atoms with Crippen molar-refractivity contribution in [3.8, 4) is 17.2 Å². The van der Waals surface area contributed by atoms with Crippen molar-refractivity contribution in [2.24, 2.45) is 5.73 Å². The Morgan fingerprint density at radius 2 is 1.81 bits per heavy atom. The zero-order valence-electron chi connectivity index (χ0n) is 17.1. The molecule has 2 N–H and O–H groups in total. The van der Waals surface area contributed by atoms with Crippen molar-refractivity contribution in [2.45, 2.75) is 25.9 Å². The molecule has 1 heterocycles. The van der Waals surface area contributed by atoms with Crippen LogP contribution in [-0.4, -0.2) is 12.6 Å². The quantitative estimate of drug-likeness (QED) is 0.518. The number of esters is 1. The summed E-state index contributed by atoms with van der Waals surface area (Å²) in [5.74, 6) is -2.88. The van der Waals surface area contributed by atoms with E-state index in [0.29, 0.717) is 11.1 Å². The molecule has 5 nitrogen and oxygen atoms in total. The van der Waals surface area contributed by atoms with Crippen molar-refractivity contribution in [3.63, 3.8) is 0 Å². The molecule has 0 fully saturated rings. The van der Waals surface area contributed by atoms with Crippen LogP contribution >= 0.6 is 0 Å². The summed E-state index contributed by atoms with van der Waals surface area (Å²) in [5, 5.41) is 9.59. The topological polar surface area (TPSA) is 85.3 Å². The van der Waals surface area contributed by atoms with Crippen molar-refractivity contribution in [2.75, 3.05) is 6.61 Å². The van der Waals surface area contributed by atoms with Gasteiger partial charge in [-0.1, -0.05) is 30.3 Å². The number of alkyl halides is 3. The molecule has 0 radical (unpaired) electrons. The maximum atomic E-state index is 13.6. The predicted molar refractivity (Wildman–Crippen MR) is 107 cm³/mol. The van der Waals surface area contributed by atoms with Crippen LogP contribution in [0.5, 0.6) is 0 Å². The van der Waals surface area contributed by atoms with E-state index in [4.69, 9.17) is 15.2 Å². The number of carbonyl (C=O) groups is 1. The second kappa shape index (κ2) is 8.75. The molecule has 0 spiro atoms. The first-order valence-electron chi connectivity index (χ1n) is 9.51. The molecular formula is C23H18F4N2O3. The van der Waals surface area contributed by atoms with Gasteiger partial charge in [-0.05, 0) is 42.7 Å². The number of halogens is 4.